The third kappa shape index (κ3) is 6.61. The first-order valence-electron chi connectivity index (χ1n) is 12.6. The van der Waals surface area contributed by atoms with E-state index in [0.717, 1.165) is 24.6 Å². The van der Waals surface area contributed by atoms with Crippen LogP contribution in [0.4, 0.5) is 5.69 Å². The molecule has 0 bridgehead atoms. The van der Waals surface area contributed by atoms with Crippen LogP contribution in [-0.2, 0) is 11.2 Å². The van der Waals surface area contributed by atoms with Crippen molar-refractivity contribution >= 4 is 17.5 Å². The standard InChI is InChI=1S/C28H37N3O4/c1-19-15-31(20(2)18-32)28(34)24-14-23(29-27(33)13-21-7-5-4-6-8-21)11-12-25(24)35-26(19)17-30(3)16-22-9-10-22/h4-8,11-12,14,19-20,22,26,32H,9-10,13,15-18H2,1-3H3,(H,29,33)/t19-,20+,26-/m0/s1. The molecule has 1 aliphatic carbocycles. The van der Waals surface area contributed by atoms with E-state index in [2.05, 4.69) is 24.2 Å². The van der Waals surface area contributed by atoms with E-state index in [1.165, 1.54) is 12.8 Å². The second-order valence-corrected chi connectivity index (χ2v) is 10.2. The minimum Gasteiger partial charge on any atom is -0.488 e. The smallest absolute Gasteiger partial charge is 0.258 e. The van der Waals surface area contributed by atoms with Crippen LogP contribution >= 0.6 is 0 Å². The number of nitrogens with one attached hydrogen (secondary N) is 1. The molecule has 2 amide bonds. The molecule has 2 aromatic rings. The Balaban J connectivity index is 1.56. The highest BCUT2D eigenvalue weighted by atomic mass is 16.5. The molecule has 1 aliphatic heterocycles. The number of hydrogen-bond donors (Lipinski definition) is 2. The molecule has 2 aromatic carbocycles. The average molecular weight is 480 g/mol. The van der Waals surface area contributed by atoms with Crippen molar-refractivity contribution in [2.24, 2.45) is 11.8 Å². The Morgan fingerprint density at radius 2 is 1.94 bits per heavy atom. The first-order chi connectivity index (χ1) is 16.8. The number of anilines is 1. The molecule has 0 radical (unpaired) electrons. The molecule has 35 heavy (non-hydrogen) atoms. The maximum absolute atomic E-state index is 13.6. The number of likely N-dealkylation sites (N-methyl/N-ethyl adjacent to an activating group) is 1. The van der Waals surface area contributed by atoms with E-state index in [1.54, 1.807) is 23.1 Å². The lowest BCUT2D eigenvalue weighted by molar-refractivity contribution is -0.115. The highest BCUT2D eigenvalue weighted by molar-refractivity contribution is 6.00. The Morgan fingerprint density at radius 3 is 2.63 bits per heavy atom. The maximum Gasteiger partial charge on any atom is 0.258 e. The van der Waals surface area contributed by atoms with Gasteiger partial charge in [0.2, 0.25) is 5.91 Å². The number of nitrogens with zero attached hydrogens (tertiary/aromatic N) is 2. The van der Waals surface area contributed by atoms with E-state index in [1.807, 2.05) is 37.3 Å². The highest BCUT2D eigenvalue weighted by Gasteiger charge is 2.34. The van der Waals surface area contributed by atoms with E-state index in [-0.39, 0.29) is 42.9 Å². The van der Waals surface area contributed by atoms with Gasteiger partial charge in [-0.25, -0.2) is 0 Å². The predicted molar refractivity (Wildman–Crippen MR) is 137 cm³/mol. The summed E-state index contributed by atoms with van der Waals surface area (Å²) in [6.07, 6.45) is 2.74. The lowest BCUT2D eigenvalue weighted by Crippen LogP contribution is -2.50. The number of benzene rings is 2. The van der Waals surface area contributed by atoms with Gasteiger partial charge in [0.15, 0.2) is 0 Å². The molecule has 188 valence electrons. The number of rotatable bonds is 9. The second kappa shape index (κ2) is 11.2. The van der Waals surface area contributed by atoms with Crippen LogP contribution in [-0.4, -0.2) is 72.2 Å². The summed E-state index contributed by atoms with van der Waals surface area (Å²) in [7, 11) is 2.12. The Bertz CT molecular complexity index is 1020. The summed E-state index contributed by atoms with van der Waals surface area (Å²) in [4.78, 5) is 30.2. The average Bonchev–Trinajstić information content (AvgIpc) is 3.65. The van der Waals surface area contributed by atoms with Crippen LogP contribution in [0.25, 0.3) is 0 Å². The van der Waals surface area contributed by atoms with Gasteiger partial charge in [-0.2, -0.15) is 0 Å². The van der Waals surface area contributed by atoms with Gasteiger partial charge in [0.25, 0.3) is 5.91 Å². The molecule has 3 atom stereocenters. The molecule has 0 aromatic heterocycles. The van der Waals surface area contributed by atoms with Crippen molar-refractivity contribution in [2.45, 2.75) is 45.3 Å². The summed E-state index contributed by atoms with van der Waals surface area (Å²) in [6.45, 7) is 6.15. The monoisotopic (exact) mass is 479 g/mol. The number of aliphatic hydroxyl groups excluding tert-OH is 1. The van der Waals surface area contributed by atoms with Crippen molar-refractivity contribution in [3.05, 3.63) is 59.7 Å². The number of carbonyl (C=O) groups is 2. The SMILES string of the molecule is C[C@H](CO)N1C[C@H](C)[C@H](CN(C)CC2CC2)Oc2ccc(NC(=O)Cc3ccccc3)cc2C1=O. The van der Waals surface area contributed by atoms with Gasteiger partial charge < -0.3 is 25.0 Å². The van der Waals surface area contributed by atoms with Crippen LogP contribution in [0.2, 0.25) is 0 Å². The summed E-state index contributed by atoms with van der Waals surface area (Å²) in [6, 6.07) is 14.5. The summed E-state index contributed by atoms with van der Waals surface area (Å²) in [5, 5.41) is 12.8. The molecule has 0 unspecified atom stereocenters. The van der Waals surface area contributed by atoms with Gasteiger partial charge >= 0.3 is 0 Å². The molecule has 0 saturated heterocycles. The molecule has 4 rings (SSSR count). The number of hydrogen-bond acceptors (Lipinski definition) is 5. The zero-order valence-corrected chi connectivity index (χ0v) is 20.9. The normalized spacial score (nSPS) is 21.1. The summed E-state index contributed by atoms with van der Waals surface area (Å²) in [5.74, 6) is 1.04. The highest BCUT2D eigenvalue weighted by Crippen LogP contribution is 2.32. The van der Waals surface area contributed by atoms with Crippen LogP contribution in [0.5, 0.6) is 5.75 Å². The molecule has 7 nitrogen and oxygen atoms in total. The minimum absolute atomic E-state index is 0.0907. The Labute approximate surface area is 208 Å². The molecular weight excluding hydrogens is 442 g/mol. The zero-order chi connectivity index (χ0) is 24.9. The lowest BCUT2D eigenvalue weighted by atomic mass is 9.99. The Kier molecular flexibility index (Phi) is 8.08. The first-order valence-corrected chi connectivity index (χ1v) is 12.6. The van der Waals surface area contributed by atoms with E-state index in [4.69, 9.17) is 4.74 Å². The second-order valence-electron chi connectivity index (χ2n) is 10.2. The fourth-order valence-electron chi connectivity index (χ4n) is 4.63. The third-order valence-corrected chi connectivity index (χ3v) is 6.91. The van der Waals surface area contributed by atoms with E-state index in [9.17, 15) is 14.7 Å². The van der Waals surface area contributed by atoms with Gasteiger partial charge in [0, 0.05) is 31.2 Å². The topological polar surface area (TPSA) is 82.1 Å². The third-order valence-electron chi connectivity index (χ3n) is 6.91. The van der Waals surface area contributed by atoms with Crippen molar-refractivity contribution in [2.75, 3.05) is 38.6 Å². The van der Waals surface area contributed by atoms with Gasteiger partial charge in [0.1, 0.15) is 11.9 Å². The van der Waals surface area contributed by atoms with Crippen LogP contribution < -0.4 is 10.1 Å². The summed E-state index contributed by atoms with van der Waals surface area (Å²) in [5.41, 5.74) is 1.88. The van der Waals surface area contributed by atoms with Crippen LogP contribution in [0.15, 0.2) is 48.5 Å². The maximum atomic E-state index is 13.6. The first kappa shape index (κ1) is 25.2. The number of fused-ring (bicyclic) bond motifs is 1. The van der Waals surface area contributed by atoms with Crippen LogP contribution in [0.1, 0.15) is 42.6 Å². The Morgan fingerprint density at radius 1 is 1.20 bits per heavy atom. The van der Waals surface area contributed by atoms with E-state index < -0.39 is 0 Å². The molecule has 0 spiro atoms. The van der Waals surface area contributed by atoms with Gasteiger partial charge in [0.05, 0.1) is 24.6 Å². The largest absolute Gasteiger partial charge is 0.488 e. The number of ether oxygens (including phenoxy) is 1. The predicted octanol–water partition coefficient (Wildman–Crippen LogP) is 3.43. The zero-order valence-electron chi connectivity index (χ0n) is 20.9. The lowest BCUT2D eigenvalue weighted by Gasteiger charge is -2.38. The fourth-order valence-corrected chi connectivity index (χ4v) is 4.63. The number of aliphatic hydroxyl groups is 1. The van der Waals surface area contributed by atoms with Crippen molar-refractivity contribution < 1.29 is 19.4 Å². The molecule has 7 heteroatoms. The quantitative estimate of drug-likeness (QED) is 0.576. The molecule has 2 N–H and O–H groups in total. The number of carbonyl (C=O) groups excluding carboxylic acids is 2. The molecule has 1 saturated carbocycles. The minimum atomic E-state index is -0.322. The molecule has 1 heterocycles. The van der Waals surface area contributed by atoms with Gasteiger partial charge in [-0.05, 0) is 56.5 Å². The van der Waals surface area contributed by atoms with Crippen molar-refractivity contribution in [1.82, 2.24) is 9.80 Å². The van der Waals surface area contributed by atoms with Crippen molar-refractivity contribution in [3.8, 4) is 5.75 Å². The molecular formula is C28H37N3O4. The fraction of sp³-hybridized carbons (Fsp3) is 0.500. The van der Waals surface area contributed by atoms with Crippen molar-refractivity contribution in [1.29, 1.82) is 0 Å². The van der Waals surface area contributed by atoms with Crippen molar-refractivity contribution in [3.63, 3.8) is 0 Å². The summed E-state index contributed by atoms with van der Waals surface area (Å²) < 4.78 is 6.45. The molecule has 1 fully saturated rings. The molecule has 2 aliphatic rings. The Hall–Kier alpha value is -2.90. The number of amides is 2. The van der Waals surface area contributed by atoms with Gasteiger partial charge in [-0.1, -0.05) is 37.3 Å². The van der Waals surface area contributed by atoms with E-state index in [0.29, 0.717) is 23.5 Å². The summed E-state index contributed by atoms with van der Waals surface area (Å²) >= 11 is 0. The van der Waals surface area contributed by atoms with Crippen LogP contribution in [0, 0.1) is 11.8 Å². The van der Waals surface area contributed by atoms with Crippen LogP contribution in [0.3, 0.4) is 0 Å². The van der Waals surface area contributed by atoms with Gasteiger partial charge in [-0.15, -0.1) is 0 Å². The van der Waals surface area contributed by atoms with E-state index >= 15 is 0 Å². The van der Waals surface area contributed by atoms with Gasteiger partial charge in [-0.3, -0.25) is 9.59 Å².